The summed E-state index contributed by atoms with van der Waals surface area (Å²) in [6, 6.07) is 5.33. The summed E-state index contributed by atoms with van der Waals surface area (Å²) in [5, 5.41) is 0. The summed E-state index contributed by atoms with van der Waals surface area (Å²) in [7, 11) is 1.56. The van der Waals surface area contributed by atoms with Crippen LogP contribution >= 0.6 is 22.6 Å². The van der Waals surface area contributed by atoms with Crippen LogP contribution in [0.25, 0.3) is 5.70 Å². The van der Waals surface area contributed by atoms with Crippen LogP contribution in [-0.4, -0.2) is 34.8 Å². The average molecular weight is 495 g/mol. The quantitative estimate of drug-likeness (QED) is 0.364. The maximum absolute atomic E-state index is 12.8. The molecule has 0 saturated heterocycles. The van der Waals surface area contributed by atoms with Gasteiger partial charge in [0, 0.05) is 32.7 Å². The van der Waals surface area contributed by atoms with Gasteiger partial charge in [0.05, 0.1) is 17.6 Å². The van der Waals surface area contributed by atoms with Crippen molar-refractivity contribution in [3.8, 4) is 5.75 Å². The number of allylic oxidation sites excluding steroid dienone is 1. The van der Waals surface area contributed by atoms with Gasteiger partial charge < -0.3 is 9.64 Å². The Labute approximate surface area is 167 Å². The molecule has 1 aliphatic heterocycles. The van der Waals surface area contributed by atoms with Gasteiger partial charge in [0.2, 0.25) is 5.91 Å². The van der Waals surface area contributed by atoms with Gasteiger partial charge in [0.1, 0.15) is 5.75 Å². The van der Waals surface area contributed by atoms with Gasteiger partial charge in [-0.25, -0.2) is 14.9 Å². The second kappa shape index (κ2) is 8.69. The van der Waals surface area contributed by atoms with E-state index in [4.69, 9.17) is 4.74 Å². The first-order valence-electron chi connectivity index (χ1n) is 6.43. The average Bonchev–Trinajstić information content (AvgIpc) is 2.44. The third kappa shape index (κ3) is 4.48. The van der Waals surface area contributed by atoms with E-state index in [-0.39, 0.29) is 42.5 Å². The predicted octanol–water partition coefficient (Wildman–Crippen LogP) is 3.45. The number of amides is 1. The zero-order valence-electron chi connectivity index (χ0n) is 12.3. The minimum absolute atomic E-state index is 0. The first-order valence-corrected chi connectivity index (χ1v) is 7.68. The van der Waals surface area contributed by atoms with E-state index in [9.17, 15) is 13.6 Å². The molecule has 2 rings (SSSR count). The Bertz CT molecular complexity index is 581. The number of alkyl halides is 3. The molecule has 0 spiro atoms. The molecule has 1 radical (unpaired) electrons. The Morgan fingerprint density at radius 3 is 2.73 bits per heavy atom. The van der Waals surface area contributed by atoms with Gasteiger partial charge in [-0.3, -0.25) is 4.79 Å². The zero-order chi connectivity index (χ0) is 15.6. The Hall–Kier alpha value is -0.0761. The van der Waals surface area contributed by atoms with Crippen molar-refractivity contribution in [2.24, 2.45) is 0 Å². The predicted molar refractivity (Wildman–Crippen MR) is 84.5 cm³/mol. The number of halogens is 3. The van der Waals surface area contributed by atoms with Crippen molar-refractivity contribution in [3.63, 3.8) is 0 Å². The van der Waals surface area contributed by atoms with Crippen molar-refractivity contribution in [1.29, 1.82) is 0 Å². The third-order valence-corrected chi connectivity index (χ3v) is 4.24. The number of carbonyl (C=O) groups excluding carboxylic acids is 1. The van der Waals surface area contributed by atoms with E-state index in [0.717, 1.165) is 16.0 Å². The van der Waals surface area contributed by atoms with E-state index in [1.54, 1.807) is 19.2 Å². The minimum atomic E-state index is -2.58. The van der Waals surface area contributed by atoms with Gasteiger partial charge in [0.25, 0.3) is 6.43 Å². The number of nitrogens with zero attached hydrogens (tertiary/aromatic N) is 1. The van der Waals surface area contributed by atoms with Gasteiger partial charge >= 0.3 is 0 Å². The molecule has 1 atom stereocenters. The molecule has 7 heteroatoms. The molecule has 0 N–H and O–H groups in total. The molecule has 0 fully saturated rings. The number of hydrogen-bond acceptors (Lipinski definition) is 2. The van der Waals surface area contributed by atoms with Gasteiger partial charge in [0.15, 0.2) is 0 Å². The Morgan fingerprint density at radius 1 is 1.50 bits per heavy atom. The molecule has 1 unspecified atom stereocenters. The maximum Gasteiger partial charge on any atom is 0.256 e. The monoisotopic (exact) mass is 495 g/mol. The number of benzene rings is 1. The first-order chi connectivity index (χ1) is 9.93. The molecule has 1 amide bonds. The maximum atomic E-state index is 12.8. The summed E-state index contributed by atoms with van der Waals surface area (Å²) in [4.78, 5) is 13.3. The topological polar surface area (TPSA) is 29.5 Å². The fraction of sp³-hybridized carbons (Fsp3) is 0.400. The van der Waals surface area contributed by atoms with Gasteiger partial charge in [-0.15, -0.1) is 22.9 Å². The van der Waals surface area contributed by atoms with Crippen molar-refractivity contribution in [2.45, 2.75) is 23.7 Å². The second-order valence-corrected chi connectivity index (χ2v) is 6.22. The molecule has 117 valence electrons. The van der Waals surface area contributed by atoms with E-state index in [1.807, 2.05) is 35.6 Å². The molecular formula is C15H15F2INO2Y-. The summed E-state index contributed by atoms with van der Waals surface area (Å²) in [6.07, 6.45) is 0.942. The summed E-state index contributed by atoms with van der Waals surface area (Å²) in [5.41, 5.74) is 2.03. The van der Waals surface area contributed by atoms with Gasteiger partial charge in [-0.2, -0.15) is 0 Å². The Morgan fingerprint density at radius 2 is 2.18 bits per heavy atom. The molecule has 0 saturated carbocycles. The van der Waals surface area contributed by atoms with E-state index in [0.29, 0.717) is 17.9 Å². The van der Waals surface area contributed by atoms with E-state index in [1.165, 1.54) is 0 Å². The number of carbonyl (C=O) groups is 1. The van der Waals surface area contributed by atoms with Crippen molar-refractivity contribution < 1.29 is 51.0 Å². The van der Waals surface area contributed by atoms with Crippen LogP contribution in [-0.2, 0) is 37.5 Å². The van der Waals surface area contributed by atoms with Crippen LogP contribution < -0.4 is 4.74 Å². The first kappa shape index (κ1) is 20.0. The smallest absolute Gasteiger partial charge is 0.256 e. The second-order valence-electron chi connectivity index (χ2n) is 4.72. The molecule has 1 aromatic rings. The van der Waals surface area contributed by atoms with Crippen molar-refractivity contribution in [3.05, 3.63) is 35.4 Å². The molecule has 3 nitrogen and oxygen atoms in total. The van der Waals surface area contributed by atoms with E-state index in [2.05, 4.69) is 6.08 Å². The van der Waals surface area contributed by atoms with Crippen LogP contribution in [0.1, 0.15) is 17.5 Å². The molecular weight excluding hydrogens is 480 g/mol. The molecule has 0 aliphatic carbocycles. The summed E-state index contributed by atoms with van der Waals surface area (Å²) in [6.45, 7) is 1.25. The van der Waals surface area contributed by atoms with Gasteiger partial charge in [-0.1, -0.05) is 35.9 Å². The van der Waals surface area contributed by atoms with E-state index >= 15 is 0 Å². The van der Waals surface area contributed by atoms with Crippen molar-refractivity contribution >= 4 is 34.2 Å². The van der Waals surface area contributed by atoms with Crippen LogP contribution in [0.2, 0.25) is 0 Å². The number of hydrogen-bond donors (Lipinski definition) is 0. The normalized spacial score (nSPS) is 18.1. The number of rotatable bonds is 4. The van der Waals surface area contributed by atoms with Crippen molar-refractivity contribution in [2.75, 3.05) is 13.7 Å². The Kier molecular flexibility index (Phi) is 7.88. The van der Waals surface area contributed by atoms with Crippen LogP contribution in [0.3, 0.4) is 0 Å². The largest absolute Gasteiger partial charge is 0.497 e. The summed E-state index contributed by atoms with van der Waals surface area (Å²) < 4.78 is 30.3. The molecule has 0 aromatic heterocycles. The number of aryl methyl sites for hydroxylation is 1. The minimum Gasteiger partial charge on any atom is -0.497 e. The molecule has 1 aliphatic rings. The standard InChI is InChI=1S/C15H15F2INO2.Y/c1-9-7-10(21-2)3-4-11(9)13-6-5-12(18)15(20)19(13)8-14(16)17;/h3-4,7,12,14H,5,8H2,1-2H3;/q-1;. The van der Waals surface area contributed by atoms with E-state index < -0.39 is 13.0 Å². The third-order valence-electron chi connectivity index (χ3n) is 3.26. The summed E-state index contributed by atoms with van der Waals surface area (Å²) >= 11 is 1.96. The van der Waals surface area contributed by atoms with Crippen LogP contribution in [0.4, 0.5) is 8.78 Å². The van der Waals surface area contributed by atoms with Gasteiger partial charge in [-0.05, 0) is 12.1 Å². The Balaban J connectivity index is 0.00000242. The molecule has 22 heavy (non-hydrogen) atoms. The van der Waals surface area contributed by atoms with Crippen molar-refractivity contribution in [1.82, 2.24) is 4.90 Å². The van der Waals surface area contributed by atoms with Crippen LogP contribution in [0, 0.1) is 13.0 Å². The fourth-order valence-electron chi connectivity index (χ4n) is 2.24. The molecule has 0 bridgehead atoms. The van der Waals surface area contributed by atoms with Crippen LogP contribution in [0.5, 0.6) is 5.75 Å². The molecule has 1 heterocycles. The zero-order valence-corrected chi connectivity index (χ0v) is 17.3. The molecule has 1 aromatic carbocycles. The van der Waals surface area contributed by atoms with Crippen LogP contribution in [0.15, 0.2) is 18.2 Å². The number of ether oxygens (including phenoxy) is 1. The number of methoxy groups -OCH3 is 1. The SMILES string of the molecule is COc1ccc(C2=[C-]CC(I)C(=O)N2CC(F)F)c(C)c1.[Y]. The fourth-order valence-corrected chi connectivity index (χ4v) is 2.79. The summed E-state index contributed by atoms with van der Waals surface area (Å²) in [5.74, 6) is 0.394.